The topological polar surface area (TPSA) is 53.3 Å². The van der Waals surface area contributed by atoms with Gasteiger partial charge in [-0.3, -0.25) is 0 Å². The second-order valence-corrected chi connectivity index (χ2v) is 3.48. The van der Waals surface area contributed by atoms with E-state index in [1.807, 2.05) is 26.1 Å². The molecule has 0 atom stereocenters. The smallest absolute Gasteiger partial charge is 0.427 e. The molecule has 0 aromatic heterocycles. The summed E-state index contributed by atoms with van der Waals surface area (Å²) in [6, 6.07) is 5.52. The van der Waals surface area contributed by atoms with E-state index in [-0.39, 0.29) is 6.61 Å². The summed E-state index contributed by atoms with van der Waals surface area (Å²) in [6.45, 7) is 5.78. The normalized spacial score (nSPS) is 9.38. The van der Waals surface area contributed by atoms with Crippen molar-refractivity contribution in [1.29, 1.82) is 5.26 Å². The Balaban J connectivity index is 3.05. The highest BCUT2D eigenvalue weighted by Crippen LogP contribution is 2.18. The van der Waals surface area contributed by atoms with Crippen LogP contribution in [-0.2, 0) is 4.74 Å². The van der Waals surface area contributed by atoms with E-state index in [1.165, 1.54) is 0 Å². The quantitative estimate of drug-likeness (QED) is 0.566. The molecule has 84 valence electrons. The van der Waals surface area contributed by atoms with Crippen LogP contribution in [0.5, 0.6) is 0 Å². The summed E-state index contributed by atoms with van der Waals surface area (Å²) in [7, 11) is 0. The van der Waals surface area contributed by atoms with E-state index < -0.39 is 6.09 Å². The number of rotatable bonds is 2. The molecule has 4 heteroatoms. The lowest BCUT2D eigenvalue weighted by molar-refractivity contribution is 0.163. The number of carbonyl (C=O) groups is 1. The zero-order chi connectivity index (χ0) is 12.1. The second kappa shape index (κ2) is 5.17. The number of hydrogen-bond acceptors (Lipinski definition) is 3. The standard InChI is InChI=1S/C12H14N2O2/c1-4-16-12(15)14(8-13)11-6-9(2)5-10(3)7-11/h5-7H,4H2,1-3H3. The van der Waals surface area contributed by atoms with Crippen LogP contribution in [0, 0.1) is 25.3 Å². The van der Waals surface area contributed by atoms with Crippen LogP contribution in [-0.4, -0.2) is 12.7 Å². The van der Waals surface area contributed by atoms with Gasteiger partial charge in [-0.1, -0.05) is 6.07 Å². The van der Waals surface area contributed by atoms with Crippen LogP contribution in [0.1, 0.15) is 18.1 Å². The van der Waals surface area contributed by atoms with Crippen molar-refractivity contribution in [2.75, 3.05) is 11.5 Å². The predicted molar refractivity (Wildman–Crippen MR) is 61.0 cm³/mol. The number of nitrogens with zero attached hydrogens (tertiary/aromatic N) is 2. The molecule has 16 heavy (non-hydrogen) atoms. The van der Waals surface area contributed by atoms with Crippen molar-refractivity contribution in [3.63, 3.8) is 0 Å². The molecule has 1 aromatic carbocycles. The Morgan fingerprint density at radius 2 is 1.94 bits per heavy atom. The summed E-state index contributed by atoms with van der Waals surface area (Å²) in [5.74, 6) is 0. The first-order valence-corrected chi connectivity index (χ1v) is 5.03. The van der Waals surface area contributed by atoms with Crippen molar-refractivity contribution in [1.82, 2.24) is 0 Å². The first-order valence-electron chi connectivity index (χ1n) is 5.03. The van der Waals surface area contributed by atoms with Crippen LogP contribution in [0.25, 0.3) is 0 Å². The Kier molecular flexibility index (Phi) is 3.90. The third-order valence-corrected chi connectivity index (χ3v) is 2.02. The van der Waals surface area contributed by atoms with Gasteiger partial charge in [0.2, 0.25) is 0 Å². The van der Waals surface area contributed by atoms with E-state index in [9.17, 15) is 4.79 Å². The number of amides is 1. The number of ether oxygens (including phenoxy) is 1. The van der Waals surface area contributed by atoms with Gasteiger partial charge in [-0.05, 0) is 44.0 Å². The van der Waals surface area contributed by atoms with E-state index in [0.717, 1.165) is 16.0 Å². The highest BCUT2D eigenvalue weighted by Gasteiger charge is 2.16. The van der Waals surface area contributed by atoms with Crippen molar-refractivity contribution >= 4 is 11.8 Å². The molecule has 0 spiro atoms. The summed E-state index contributed by atoms with van der Waals surface area (Å²) in [6.07, 6.45) is 1.17. The molecular weight excluding hydrogens is 204 g/mol. The molecule has 0 saturated carbocycles. The SMILES string of the molecule is CCOC(=O)N(C#N)c1cc(C)cc(C)c1. The molecule has 0 aliphatic carbocycles. The summed E-state index contributed by atoms with van der Waals surface area (Å²) in [5, 5.41) is 8.93. The number of nitriles is 1. The van der Waals surface area contributed by atoms with E-state index >= 15 is 0 Å². The van der Waals surface area contributed by atoms with Gasteiger partial charge in [0, 0.05) is 0 Å². The molecule has 0 bridgehead atoms. The van der Waals surface area contributed by atoms with Gasteiger partial charge < -0.3 is 4.74 Å². The lowest BCUT2D eigenvalue weighted by Gasteiger charge is -2.14. The van der Waals surface area contributed by atoms with Crippen molar-refractivity contribution in [3.05, 3.63) is 29.3 Å². The average Bonchev–Trinajstić information content (AvgIpc) is 2.17. The average molecular weight is 218 g/mol. The maximum Gasteiger partial charge on any atom is 0.427 e. The fourth-order valence-corrected chi connectivity index (χ4v) is 1.47. The van der Waals surface area contributed by atoms with Crippen LogP contribution in [0.3, 0.4) is 0 Å². The Labute approximate surface area is 95.0 Å². The zero-order valence-electron chi connectivity index (χ0n) is 9.65. The Morgan fingerprint density at radius 3 is 2.38 bits per heavy atom. The number of benzene rings is 1. The van der Waals surface area contributed by atoms with Crippen LogP contribution in [0.4, 0.5) is 10.5 Å². The number of anilines is 1. The van der Waals surface area contributed by atoms with Gasteiger partial charge in [0.25, 0.3) is 0 Å². The molecule has 4 nitrogen and oxygen atoms in total. The Bertz CT molecular complexity index is 415. The lowest BCUT2D eigenvalue weighted by Crippen LogP contribution is -2.26. The first kappa shape index (κ1) is 12.1. The van der Waals surface area contributed by atoms with Crippen molar-refractivity contribution in [3.8, 4) is 6.19 Å². The fraction of sp³-hybridized carbons (Fsp3) is 0.333. The van der Waals surface area contributed by atoms with Gasteiger partial charge in [0.15, 0.2) is 6.19 Å². The van der Waals surface area contributed by atoms with E-state index in [4.69, 9.17) is 10.00 Å². The van der Waals surface area contributed by atoms with Gasteiger partial charge in [-0.15, -0.1) is 0 Å². The van der Waals surface area contributed by atoms with Crippen LogP contribution in [0.2, 0.25) is 0 Å². The molecule has 1 rings (SSSR count). The molecule has 0 aliphatic heterocycles. The molecule has 0 N–H and O–H groups in total. The van der Waals surface area contributed by atoms with Crippen LogP contribution >= 0.6 is 0 Å². The van der Waals surface area contributed by atoms with E-state index in [0.29, 0.717) is 5.69 Å². The zero-order valence-corrected chi connectivity index (χ0v) is 9.65. The minimum atomic E-state index is -0.644. The molecule has 0 heterocycles. The molecular formula is C12H14N2O2. The van der Waals surface area contributed by atoms with Gasteiger partial charge in [-0.25, -0.2) is 4.79 Å². The van der Waals surface area contributed by atoms with Crippen molar-refractivity contribution in [2.45, 2.75) is 20.8 Å². The molecule has 1 aromatic rings. The number of hydrogen-bond donors (Lipinski definition) is 0. The number of carbonyl (C=O) groups excluding carboxylic acids is 1. The molecule has 0 unspecified atom stereocenters. The largest absolute Gasteiger partial charge is 0.449 e. The summed E-state index contributed by atoms with van der Waals surface area (Å²) < 4.78 is 4.79. The van der Waals surface area contributed by atoms with Crippen LogP contribution in [0.15, 0.2) is 18.2 Å². The second-order valence-electron chi connectivity index (χ2n) is 3.48. The van der Waals surface area contributed by atoms with Crippen molar-refractivity contribution < 1.29 is 9.53 Å². The Morgan fingerprint density at radius 1 is 1.38 bits per heavy atom. The third kappa shape index (κ3) is 2.74. The minimum absolute atomic E-state index is 0.252. The van der Waals surface area contributed by atoms with Gasteiger partial charge in [-0.2, -0.15) is 10.2 Å². The lowest BCUT2D eigenvalue weighted by atomic mass is 10.1. The predicted octanol–water partition coefficient (Wildman–Crippen LogP) is 2.75. The fourth-order valence-electron chi connectivity index (χ4n) is 1.47. The molecule has 0 aliphatic rings. The molecule has 0 radical (unpaired) electrons. The maximum absolute atomic E-state index is 11.5. The van der Waals surface area contributed by atoms with Gasteiger partial charge in [0.1, 0.15) is 0 Å². The highest BCUT2D eigenvalue weighted by molar-refractivity contribution is 5.90. The van der Waals surface area contributed by atoms with Gasteiger partial charge >= 0.3 is 6.09 Å². The van der Waals surface area contributed by atoms with Crippen LogP contribution < -0.4 is 4.90 Å². The van der Waals surface area contributed by atoms with E-state index in [2.05, 4.69) is 0 Å². The van der Waals surface area contributed by atoms with Gasteiger partial charge in [0.05, 0.1) is 12.3 Å². The number of aryl methyl sites for hydroxylation is 2. The maximum atomic E-state index is 11.5. The summed E-state index contributed by atoms with van der Waals surface area (Å²) in [4.78, 5) is 12.4. The Hall–Kier alpha value is -2.02. The third-order valence-electron chi connectivity index (χ3n) is 2.02. The highest BCUT2D eigenvalue weighted by atomic mass is 16.6. The monoisotopic (exact) mass is 218 g/mol. The summed E-state index contributed by atoms with van der Waals surface area (Å²) >= 11 is 0. The van der Waals surface area contributed by atoms with Crippen molar-refractivity contribution in [2.24, 2.45) is 0 Å². The minimum Gasteiger partial charge on any atom is -0.449 e. The molecule has 0 fully saturated rings. The first-order chi connectivity index (χ1) is 7.58. The molecule has 1 amide bonds. The molecule has 0 saturated heterocycles. The summed E-state index contributed by atoms with van der Waals surface area (Å²) in [5.41, 5.74) is 2.54. The van der Waals surface area contributed by atoms with E-state index in [1.54, 1.807) is 19.1 Å².